The number of rotatable bonds is 3. The lowest BCUT2D eigenvalue weighted by atomic mass is 10.1. The summed E-state index contributed by atoms with van der Waals surface area (Å²) >= 11 is 4.96. The monoisotopic (exact) mass is 308 g/mol. The quantitative estimate of drug-likeness (QED) is 0.760. The number of hydrogen-bond donors (Lipinski definition) is 0. The third-order valence-electron chi connectivity index (χ3n) is 2.58. The Kier molecular flexibility index (Phi) is 3.79. The van der Waals surface area contributed by atoms with E-state index >= 15 is 0 Å². The Bertz CT molecular complexity index is 538. The largest absolute Gasteiger partial charge is 0.293 e. The number of aryl methyl sites for hydroxylation is 2. The molecule has 0 aliphatic rings. The summed E-state index contributed by atoms with van der Waals surface area (Å²) in [5, 5.41) is 0. The van der Waals surface area contributed by atoms with Gasteiger partial charge in [-0.3, -0.25) is 4.79 Å². The molecular formula is C14H13BrOS. The van der Waals surface area contributed by atoms with Gasteiger partial charge in [-0.1, -0.05) is 29.8 Å². The van der Waals surface area contributed by atoms with Gasteiger partial charge in [0.2, 0.25) is 0 Å². The molecule has 0 fully saturated rings. The standard InChI is InChI=1S/C14H13BrOS/c1-9-4-3-5-11(6-9)8-12(16)13-7-10(2)14(15)17-13/h3-7H,8H2,1-2H3. The fourth-order valence-electron chi connectivity index (χ4n) is 1.69. The van der Waals surface area contributed by atoms with E-state index < -0.39 is 0 Å². The Balaban J connectivity index is 2.17. The number of hydrogen-bond acceptors (Lipinski definition) is 2. The van der Waals surface area contributed by atoms with Crippen molar-refractivity contribution in [1.29, 1.82) is 0 Å². The molecule has 2 aromatic rings. The normalized spacial score (nSPS) is 10.5. The third-order valence-corrected chi connectivity index (χ3v) is 4.76. The van der Waals surface area contributed by atoms with Gasteiger partial charge in [-0.05, 0) is 47.0 Å². The average molecular weight is 309 g/mol. The number of thiophene rings is 1. The van der Waals surface area contributed by atoms with Crippen molar-refractivity contribution in [3.05, 3.63) is 55.7 Å². The summed E-state index contributed by atoms with van der Waals surface area (Å²) in [6, 6.07) is 10.0. The number of carbonyl (C=O) groups is 1. The van der Waals surface area contributed by atoms with Crippen LogP contribution in [0.15, 0.2) is 34.1 Å². The highest BCUT2D eigenvalue weighted by molar-refractivity contribution is 9.11. The molecular weight excluding hydrogens is 296 g/mol. The first kappa shape index (κ1) is 12.5. The zero-order valence-corrected chi connectivity index (χ0v) is 12.2. The van der Waals surface area contributed by atoms with Gasteiger partial charge < -0.3 is 0 Å². The van der Waals surface area contributed by atoms with Gasteiger partial charge in [-0.15, -0.1) is 11.3 Å². The molecule has 3 heteroatoms. The molecule has 0 unspecified atom stereocenters. The van der Waals surface area contributed by atoms with Crippen LogP contribution >= 0.6 is 27.3 Å². The lowest BCUT2D eigenvalue weighted by molar-refractivity contribution is 0.0997. The predicted octanol–water partition coefficient (Wildman–Crippen LogP) is 4.55. The van der Waals surface area contributed by atoms with E-state index in [1.807, 2.05) is 38.1 Å². The Labute approximate surface area is 114 Å². The highest BCUT2D eigenvalue weighted by atomic mass is 79.9. The first-order valence-corrected chi connectivity index (χ1v) is 7.02. The number of Topliss-reactive ketones (excluding diaryl/α,β-unsaturated/α-hetero) is 1. The minimum absolute atomic E-state index is 0.189. The summed E-state index contributed by atoms with van der Waals surface area (Å²) in [5.74, 6) is 0.189. The molecule has 17 heavy (non-hydrogen) atoms. The number of benzene rings is 1. The topological polar surface area (TPSA) is 17.1 Å². The van der Waals surface area contributed by atoms with Crippen LogP contribution in [0.2, 0.25) is 0 Å². The molecule has 0 N–H and O–H groups in total. The van der Waals surface area contributed by atoms with Crippen molar-refractivity contribution in [2.45, 2.75) is 20.3 Å². The molecule has 1 heterocycles. The number of carbonyl (C=O) groups excluding carboxylic acids is 1. The van der Waals surface area contributed by atoms with Crippen LogP contribution in [-0.4, -0.2) is 5.78 Å². The van der Waals surface area contributed by atoms with Crippen molar-refractivity contribution in [3.8, 4) is 0 Å². The van der Waals surface area contributed by atoms with Gasteiger partial charge in [0, 0.05) is 6.42 Å². The van der Waals surface area contributed by atoms with Gasteiger partial charge in [0.05, 0.1) is 8.66 Å². The maximum Gasteiger partial charge on any atom is 0.177 e. The van der Waals surface area contributed by atoms with Crippen LogP contribution < -0.4 is 0 Å². The SMILES string of the molecule is Cc1cccc(CC(=O)c2cc(C)c(Br)s2)c1. The fourth-order valence-corrected chi connectivity index (χ4v) is 3.16. The maximum absolute atomic E-state index is 12.1. The van der Waals surface area contributed by atoms with Gasteiger partial charge >= 0.3 is 0 Å². The van der Waals surface area contributed by atoms with Gasteiger partial charge in [-0.25, -0.2) is 0 Å². The van der Waals surface area contributed by atoms with E-state index in [0.717, 1.165) is 19.8 Å². The second-order valence-electron chi connectivity index (χ2n) is 4.16. The highest BCUT2D eigenvalue weighted by Gasteiger charge is 2.11. The van der Waals surface area contributed by atoms with E-state index in [1.165, 1.54) is 16.9 Å². The molecule has 0 aliphatic heterocycles. The number of ketones is 1. The highest BCUT2D eigenvalue weighted by Crippen LogP contribution is 2.28. The molecule has 0 saturated carbocycles. The first-order valence-electron chi connectivity index (χ1n) is 5.41. The molecule has 0 aliphatic carbocycles. The number of halogens is 1. The predicted molar refractivity (Wildman–Crippen MR) is 76.0 cm³/mol. The average Bonchev–Trinajstić information content (AvgIpc) is 2.59. The zero-order valence-electron chi connectivity index (χ0n) is 9.79. The van der Waals surface area contributed by atoms with Crippen LogP contribution in [-0.2, 0) is 6.42 Å². The van der Waals surface area contributed by atoms with Crippen molar-refractivity contribution in [3.63, 3.8) is 0 Å². The molecule has 1 nitrogen and oxygen atoms in total. The van der Waals surface area contributed by atoms with Gasteiger partial charge in [-0.2, -0.15) is 0 Å². The third kappa shape index (κ3) is 3.05. The molecule has 0 amide bonds. The Morgan fingerprint density at radius 1 is 1.29 bits per heavy atom. The van der Waals surface area contributed by atoms with Crippen molar-refractivity contribution in [2.24, 2.45) is 0 Å². The van der Waals surface area contributed by atoms with Crippen molar-refractivity contribution < 1.29 is 4.79 Å². The molecule has 2 rings (SSSR count). The minimum atomic E-state index is 0.189. The fraction of sp³-hybridized carbons (Fsp3) is 0.214. The molecule has 0 atom stereocenters. The van der Waals surface area contributed by atoms with E-state index in [-0.39, 0.29) is 5.78 Å². The molecule has 88 valence electrons. The van der Waals surface area contributed by atoms with Crippen molar-refractivity contribution in [1.82, 2.24) is 0 Å². The van der Waals surface area contributed by atoms with Crippen LogP contribution in [0.1, 0.15) is 26.4 Å². The Hall–Kier alpha value is -0.930. The van der Waals surface area contributed by atoms with Crippen LogP contribution in [0.25, 0.3) is 0 Å². The van der Waals surface area contributed by atoms with E-state index in [1.54, 1.807) is 0 Å². The van der Waals surface area contributed by atoms with Gasteiger partial charge in [0.25, 0.3) is 0 Å². The second-order valence-corrected chi connectivity index (χ2v) is 6.53. The summed E-state index contributed by atoms with van der Waals surface area (Å²) < 4.78 is 1.05. The van der Waals surface area contributed by atoms with Crippen molar-refractivity contribution in [2.75, 3.05) is 0 Å². The summed E-state index contributed by atoms with van der Waals surface area (Å²) in [6.45, 7) is 4.05. The molecule has 0 saturated heterocycles. The van der Waals surface area contributed by atoms with Gasteiger partial charge in [0.15, 0.2) is 5.78 Å². The van der Waals surface area contributed by atoms with E-state index in [0.29, 0.717) is 6.42 Å². The lowest BCUT2D eigenvalue weighted by Gasteiger charge is -2.00. The summed E-state index contributed by atoms with van der Waals surface area (Å²) in [5.41, 5.74) is 3.40. The lowest BCUT2D eigenvalue weighted by Crippen LogP contribution is -2.01. The molecule has 1 aromatic carbocycles. The van der Waals surface area contributed by atoms with Crippen LogP contribution in [0, 0.1) is 13.8 Å². The van der Waals surface area contributed by atoms with Crippen LogP contribution in [0.3, 0.4) is 0 Å². The maximum atomic E-state index is 12.1. The van der Waals surface area contributed by atoms with E-state index in [2.05, 4.69) is 22.0 Å². The van der Waals surface area contributed by atoms with E-state index in [4.69, 9.17) is 0 Å². The summed E-state index contributed by atoms with van der Waals surface area (Å²) in [4.78, 5) is 12.9. The van der Waals surface area contributed by atoms with Crippen molar-refractivity contribution >= 4 is 33.0 Å². The van der Waals surface area contributed by atoms with Gasteiger partial charge in [0.1, 0.15) is 0 Å². The van der Waals surface area contributed by atoms with Crippen LogP contribution in [0.4, 0.5) is 0 Å². The second kappa shape index (κ2) is 5.15. The molecule has 0 radical (unpaired) electrons. The molecule has 0 spiro atoms. The Morgan fingerprint density at radius 3 is 2.65 bits per heavy atom. The first-order chi connectivity index (χ1) is 8.06. The summed E-state index contributed by atoms with van der Waals surface area (Å²) in [6.07, 6.45) is 0.480. The van der Waals surface area contributed by atoms with Crippen LogP contribution in [0.5, 0.6) is 0 Å². The molecule has 0 bridgehead atoms. The Morgan fingerprint density at radius 2 is 2.06 bits per heavy atom. The minimum Gasteiger partial charge on any atom is -0.293 e. The summed E-state index contributed by atoms with van der Waals surface area (Å²) in [7, 11) is 0. The molecule has 1 aromatic heterocycles. The zero-order chi connectivity index (χ0) is 12.4. The van der Waals surface area contributed by atoms with E-state index in [9.17, 15) is 4.79 Å². The smallest absolute Gasteiger partial charge is 0.177 e.